The maximum Gasteiger partial charge on any atom is 0.245 e. The first kappa shape index (κ1) is 13.9. The standard InChI is InChI=1S/C14H15ClN4O2/c1-9(6-10-4-3-5-21-10)19-11(7-15)18-12-13(19)16-8-17-14(12)20-2/h3-5,8-9H,6-7H2,1-2H3. The first-order valence-corrected chi connectivity index (χ1v) is 7.12. The minimum absolute atomic E-state index is 0.106. The molecule has 0 amide bonds. The third-order valence-electron chi connectivity index (χ3n) is 3.35. The van der Waals surface area contributed by atoms with Crippen molar-refractivity contribution in [2.75, 3.05) is 7.11 Å². The molecule has 0 saturated heterocycles. The highest BCUT2D eigenvalue weighted by Gasteiger charge is 2.20. The molecule has 0 spiro atoms. The van der Waals surface area contributed by atoms with Crippen molar-refractivity contribution in [1.82, 2.24) is 19.5 Å². The molecule has 110 valence electrons. The van der Waals surface area contributed by atoms with E-state index in [1.165, 1.54) is 6.33 Å². The van der Waals surface area contributed by atoms with Crippen LogP contribution >= 0.6 is 11.6 Å². The van der Waals surface area contributed by atoms with Crippen molar-refractivity contribution in [2.24, 2.45) is 0 Å². The van der Waals surface area contributed by atoms with Crippen molar-refractivity contribution in [1.29, 1.82) is 0 Å². The molecule has 0 N–H and O–H groups in total. The Morgan fingerprint density at radius 2 is 2.29 bits per heavy atom. The Balaban J connectivity index is 2.07. The van der Waals surface area contributed by atoms with Crippen LogP contribution in [0, 0.1) is 0 Å². The normalized spacial score (nSPS) is 12.7. The zero-order valence-corrected chi connectivity index (χ0v) is 12.5. The minimum atomic E-state index is 0.106. The Hall–Kier alpha value is -2.08. The number of imidazole rings is 1. The molecule has 0 fully saturated rings. The van der Waals surface area contributed by atoms with Gasteiger partial charge in [-0.05, 0) is 19.1 Å². The summed E-state index contributed by atoms with van der Waals surface area (Å²) in [7, 11) is 1.56. The molecular formula is C14H15ClN4O2. The molecule has 3 aromatic rings. The first-order valence-electron chi connectivity index (χ1n) is 6.58. The highest BCUT2D eigenvalue weighted by molar-refractivity contribution is 6.16. The number of fused-ring (bicyclic) bond motifs is 1. The van der Waals surface area contributed by atoms with Crippen LogP contribution in [0.25, 0.3) is 11.2 Å². The summed E-state index contributed by atoms with van der Waals surface area (Å²) in [4.78, 5) is 12.9. The molecule has 7 heteroatoms. The summed E-state index contributed by atoms with van der Waals surface area (Å²) in [5.74, 6) is 2.40. The molecule has 3 aromatic heterocycles. The van der Waals surface area contributed by atoms with Crippen LogP contribution < -0.4 is 4.74 Å². The van der Waals surface area contributed by atoms with Gasteiger partial charge >= 0.3 is 0 Å². The maximum atomic E-state index is 6.03. The summed E-state index contributed by atoms with van der Waals surface area (Å²) in [6.45, 7) is 2.08. The van der Waals surface area contributed by atoms with Crippen molar-refractivity contribution in [2.45, 2.75) is 25.3 Å². The number of alkyl halides is 1. The molecule has 0 aliphatic carbocycles. The van der Waals surface area contributed by atoms with E-state index >= 15 is 0 Å². The van der Waals surface area contributed by atoms with Gasteiger partial charge < -0.3 is 13.7 Å². The summed E-state index contributed by atoms with van der Waals surface area (Å²) in [6.07, 6.45) is 3.87. The third-order valence-corrected chi connectivity index (χ3v) is 3.59. The van der Waals surface area contributed by atoms with E-state index in [0.29, 0.717) is 17.3 Å². The van der Waals surface area contributed by atoms with Crippen LogP contribution in [-0.4, -0.2) is 26.6 Å². The maximum absolute atomic E-state index is 6.03. The molecule has 0 aromatic carbocycles. The van der Waals surface area contributed by atoms with Crippen LogP contribution in [-0.2, 0) is 12.3 Å². The van der Waals surface area contributed by atoms with Crippen molar-refractivity contribution in [3.8, 4) is 5.88 Å². The number of ether oxygens (including phenoxy) is 1. The highest BCUT2D eigenvalue weighted by atomic mass is 35.5. The predicted molar refractivity (Wildman–Crippen MR) is 78.6 cm³/mol. The first-order chi connectivity index (χ1) is 10.2. The number of methoxy groups -OCH3 is 1. The monoisotopic (exact) mass is 306 g/mol. The van der Waals surface area contributed by atoms with Gasteiger partial charge in [-0.1, -0.05) is 0 Å². The van der Waals surface area contributed by atoms with Gasteiger partial charge in [-0.3, -0.25) is 0 Å². The van der Waals surface area contributed by atoms with Crippen molar-refractivity contribution in [3.63, 3.8) is 0 Å². The molecular weight excluding hydrogens is 292 g/mol. The quantitative estimate of drug-likeness (QED) is 0.678. The van der Waals surface area contributed by atoms with Crippen LogP contribution in [0.3, 0.4) is 0 Å². The van der Waals surface area contributed by atoms with E-state index in [1.807, 2.05) is 16.7 Å². The molecule has 1 atom stereocenters. The fraction of sp³-hybridized carbons (Fsp3) is 0.357. The molecule has 0 radical (unpaired) electrons. The van der Waals surface area contributed by atoms with E-state index in [9.17, 15) is 0 Å². The lowest BCUT2D eigenvalue weighted by Crippen LogP contribution is -2.11. The second-order valence-corrected chi connectivity index (χ2v) is 4.99. The van der Waals surface area contributed by atoms with Gasteiger partial charge in [0.15, 0.2) is 11.2 Å². The number of halogens is 1. The largest absolute Gasteiger partial charge is 0.479 e. The highest BCUT2D eigenvalue weighted by Crippen LogP contribution is 2.27. The molecule has 21 heavy (non-hydrogen) atoms. The van der Waals surface area contributed by atoms with Crippen LogP contribution in [0.15, 0.2) is 29.1 Å². The smallest absolute Gasteiger partial charge is 0.245 e. The Morgan fingerprint density at radius 1 is 1.43 bits per heavy atom. The van der Waals surface area contributed by atoms with E-state index in [4.69, 9.17) is 20.8 Å². The van der Waals surface area contributed by atoms with Crippen LogP contribution in [0.2, 0.25) is 0 Å². The molecule has 1 unspecified atom stereocenters. The summed E-state index contributed by atoms with van der Waals surface area (Å²) in [5, 5.41) is 0. The van der Waals surface area contributed by atoms with Crippen LogP contribution in [0.1, 0.15) is 24.6 Å². The Bertz CT molecular complexity index is 739. The van der Waals surface area contributed by atoms with Gasteiger partial charge in [-0.2, -0.15) is 4.98 Å². The van der Waals surface area contributed by atoms with E-state index in [1.54, 1.807) is 13.4 Å². The van der Waals surface area contributed by atoms with Gasteiger partial charge in [0, 0.05) is 12.5 Å². The molecule has 0 aliphatic rings. The third kappa shape index (κ3) is 2.47. The van der Waals surface area contributed by atoms with Crippen molar-refractivity contribution < 1.29 is 9.15 Å². The average Bonchev–Trinajstić information content (AvgIpc) is 3.12. The number of aromatic nitrogens is 4. The molecule has 0 saturated carbocycles. The lowest BCUT2D eigenvalue weighted by molar-refractivity contribution is 0.401. The van der Waals surface area contributed by atoms with E-state index in [2.05, 4.69) is 21.9 Å². The van der Waals surface area contributed by atoms with Gasteiger partial charge in [0.05, 0.1) is 19.3 Å². The zero-order chi connectivity index (χ0) is 14.8. The number of hydrogen-bond donors (Lipinski definition) is 0. The Kier molecular flexibility index (Phi) is 3.79. The van der Waals surface area contributed by atoms with E-state index in [0.717, 1.165) is 23.7 Å². The zero-order valence-electron chi connectivity index (χ0n) is 11.8. The lowest BCUT2D eigenvalue weighted by Gasteiger charge is -2.15. The summed E-state index contributed by atoms with van der Waals surface area (Å²) < 4.78 is 12.7. The Morgan fingerprint density at radius 3 is 2.95 bits per heavy atom. The second kappa shape index (κ2) is 5.73. The second-order valence-electron chi connectivity index (χ2n) is 4.72. The van der Waals surface area contributed by atoms with Crippen molar-refractivity contribution >= 4 is 22.8 Å². The van der Waals surface area contributed by atoms with Crippen LogP contribution in [0.4, 0.5) is 0 Å². The van der Waals surface area contributed by atoms with Gasteiger partial charge in [-0.25, -0.2) is 9.97 Å². The fourth-order valence-corrected chi connectivity index (χ4v) is 2.64. The van der Waals surface area contributed by atoms with Crippen molar-refractivity contribution in [3.05, 3.63) is 36.3 Å². The topological polar surface area (TPSA) is 66.0 Å². The number of hydrogen-bond acceptors (Lipinski definition) is 5. The molecule has 3 rings (SSSR count). The minimum Gasteiger partial charge on any atom is -0.479 e. The predicted octanol–water partition coefficient (Wildman–Crippen LogP) is 2.97. The molecule has 6 nitrogen and oxygen atoms in total. The SMILES string of the molecule is COc1ncnc2c1nc(CCl)n2C(C)Cc1ccco1. The van der Waals surface area contributed by atoms with Gasteiger partial charge in [-0.15, -0.1) is 11.6 Å². The average molecular weight is 307 g/mol. The number of furan rings is 1. The Labute approximate surface area is 126 Å². The molecule has 0 bridgehead atoms. The number of rotatable bonds is 5. The fourth-order valence-electron chi connectivity index (χ4n) is 2.45. The van der Waals surface area contributed by atoms with E-state index < -0.39 is 0 Å². The lowest BCUT2D eigenvalue weighted by atomic mass is 10.2. The summed E-state index contributed by atoms with van der Waals surface area (Å²) in [6, 6.07) is 3.93. The van der Waals surface area contributed by atoms with Crippen LogP contribution in [0.5, 0.6) is 5.88 Å². The number of nitrogens with zero attached hydrogens (tertiary/aromatic N) is 4. The van der Waals surface area contributed by atoms with E-state index in [-0.39, 0.29) is 6.04 Å². The van der Waals surface area contributed by atoms with Gasteiger partial charge in [0.25, 0.3) is 0 Å². The summed E-state index contributed by atoms with van der Waals surface area (Å²) >= 11 is 6.03. The van der Waals surface area contributed by atoms with Gasteiger partial charge in [0.1, 0.15) is 17.9 Å². The summed E-state index contributed by atoms with van der Waals surface area (Å²) in [5.41, 5.74) is 1.35. The van der Waals surface area contributed by atoms with Gasteiger partial charge in [0.2, 0.25) is 5.88 Å². The molecule has 0 aliphatic heterocycles. The molecule has 3 heterocycles.